The number of hydrogen-bond acceptors (Lipinski definition) is 9. The number of nitrogens with two attached hydrogens (primary N) is 1. The molecule has 35 heavy (non-hydrogen) atoms. The Bertz CT molecular complexity index is 732. The van der Waals surface area contributed by atoms with Crippen molar-refractivity contribution < 1.29 is 53.6 Å². The number of carboxylic acid groups (broad SMARTS) is 2. The highest BCUT2D eigenvalue weighted by Crippen LogP contribution is 1.95. The monoisotopic (exact) mass is 502 g/mol. The molecule has 0 rings (SSSR count). The SMILES string of the molecule is C=C(C)C(=O)OC.C=C(CC(=O)O)C(=O)O.C=CC(=O)NCO.C=CC(=O)OCC.C=CC(N)=O. The fourth-order valence-electron chi connectivity index (χ4n) is 0.784. The van der Waals surface area contributed by atoms with Crippen molar-refractivity contribution in [2.45, 2.75) is 20.3 Å². The second kappa shape index (κ2) is 29.5. The molecule has 0 saturated heterocycles. The van der Waals surface area contributed by atoms with E-state index in [0.717, 1.165) is 18.2 Å². The maximum Gasteiger partial charge on any atom is 0.332 e. The highest BCUT2D eigenvalue weighted by atomic mass is 16.5. The molecular weight excluding hydrogens is 468 g/mol. The first-order chi connectivity index (χ1) is 16.1. The van der Waals surface area contributed by atoms with Gasteiger partial charge < -0.3 is 35.8 Å². The number of aliphatic hydroxyl groups is 1. The summed E-state index contributed by atoms with van der Waals surface area (Å²) in [5.41, 5.74) is 4.66. The van der Waals surface area contributed by atoms with E-state index in [2.05, 4.69) is 53.4 Å². The Morgan fingerprint density at radius 2 is 1.43 bits per heavy atom. The Morgan fingerprint density at radius 3 is 1.51 bits per heavy atom. The first-order valence-electron chi connectivity index (χ1n) is 9.20. The average Bonchev–Trinajstić information content (AvgIpc) is 2.79. The maximum absolute atomic E-state index is 10.2. The molecule has 0 bridgehead atoms. The van der Waals surface area contributed by atoms with Gasteiger partial charge in [-0.2, -0.15) is 0 Å². The zero-order chi connectivity index (χ0) is 29.0. The molecule has 0 saturated carbocycles. The van der Waals surface area contributed by atoms with E-state index in [9.17, 15) is 28.8 Å². The van der Waals surface area contributed by atoms with Crippen molar-refractivity contribution in [3.63, 3.8) is 0 Å². The molecule has 13 heteroatoms. The van der Waals surface area contributed by atoms with Crippen molar-refractivity contribution >= 4 is 35.7 Å². The summed E-state index contributed by atoms with van der Waals surface area (Å²) < 4.78 is 8.71. The summed E-state index contributed by atoms with van der Waals surface area (Å²) in [6.07, 6.45) is 2.79. The van der Waals surface area contributed by atoms with Gasteiger partial charge in [0.05, 0.1) is 20.1 Å². The van der Waals surface area contributed by atoms with Crippen LogP contribution in [-0.4, -0.2) is 71.5 Å². The lowest BCUT2D eigenvalue weighted by Crippen LogP contribution is -2.20. The molecule has 0 aliphatic heterocycles. The number of hydrogen-bond donors (Lipinski definition) is 5. The van der Waals surface area contributed by atoms with Crippen LogP contribution >= 0.6 is 0 Å². The van der Waals surface area contributed by atoms with Gasteiger partial charge in [0.25, 0.3) is 0 Å². The number of carbonyl (C=O) groups is 6. The number of carboxylic acids is 2. The van der Waals surface area contributed by atoms with Gasteiger partial charge in [0.15, 0.2) is 0 Å². The molecule has 0 aliphatic carbocycles. The Balaban J connectivity index is -0.000000108. The Kier molecular flexibility index (Phi) is 34.4. The summed E-state index contributed by atoms with van der Waals surface area (Å²) in [6.45, 7) is 19.3. The number of primary amides is 1. The van der Waals surface area contributed by atoms with Crippen molar-refractivity contribution in [2.24, 2.45) is 5.73 Å². The molecule has 0 radical (unpaired) electrons. The normalized spacial score (nSPS) is 7.66. The summed E-state index contributed by atoms with van der Waals surface area (Å²) in [4.78, 5) is 59.4. The third-order valence-corrected chi connectivity index (χ3v) is 2.29. The lowest BCUT2D eigenvalue weighted by Gasteiger charge is -1.91. The van der Waals surface area contributed by atoms with Crippen LogP contribution in [0.3, 0.4) is 0 Å². The van der Waals surface area contributed by atoms with Crippen molar-refractivity contribution in [3.05, 3.63) is 62.3 Å². The molecule has 0 aromatic carbocycles. The number of rotatable bonds is 9. The van der Waals surface area contributed by atoms with Gasteiger partial charge in [0, 0.05) is 17.2 Å². The summed E-state index contributed by atoms with van der Waals surface area (Å²) >= 11 is 0. The number of aliphatic hydroxyl groups excluding tert-OH is 1. The standard InChI is InChI=1S/C5H6O4.2C5H8O2.C4H7NO2.C3H5NO/c1-3(5(8)9)2-4(6)7;1-4(2)5(6)7-3;1-3-5(6)7-4-2;1-2-4(7)5-3-6;1-2-3(4)5/h1-2H2,(H,6,7)(H,8,9);1H2,2-3H3;3H,1,4H2,2H3;2,6H,1,3H2,(H,5,7);2H,1H2,(H2,4,5). The van der Waals surface area contributed by atoms with Crippen LogP contribution in [0.5, 0.6) is 0 Å². The zero-order valence-corrected chi connectivity index (χ0v) is 20.1. The third-order valence-electron chi connectivity index (χ3n) is 2.29. The fraction of sp³-hybridized carbons (Fsp3) is 0.273. The second-order valence-corrected chi connectivity index (χ2v) is 5.22. The lowest BCUT2D eigenvalue weighted by atomic mass is 10.2. The topological polar surface area (TPSA) is 220 Å². The predicted molar refractivity (Wildman–Crippen MR) is 128 cm³/mol. The molecule has 0 aromatic heterocycles. The lowest BCUT2D eigenvalue weighted by molar-refractivity contribution is -0.139. The van der Waals surface area contributed by atoms with Gasteiger partial charge in [-0.1, -0.05) is 32.9 Å². The summed E-state index contributed by atoms with van der Waals surface area (Å²) in [6, 6.07) is 0. The number of carbonyl (C=O) groups excluding carboxylic acids is 4. The predicted octanol–water partition coefficient (Wildman–Crippen LogP) is 0.469. The van der Waals surface area contributed by atoms with E-state index in [1.54, 1.807) is 13.8 Å². The van der Waals surface area contributed by atoms with Crippen LogP contribution in [0.2, 0.25) is 0 Å². The fourth-order valence-corrected chi connectivity index (χ4v) is 0.784. The number of methoxy groups -OCH3 is 1. The number of ether oxygens (including phenoxy) is 2. The molecule has 0 fully saturated rings. The van der Waals surface area contributed by atoms with E-state index >= 15 is 0 Å². The van der Waals surface area contributed by atoms with E-state index in [4.69, 9.17) is 15.3 Å². The average molecular weight is 503 g/mol. The van der Waals surface area contributed by atoms with Crippen molar-refractivity contribution in [3.8, 4) is 0 Å². The molecule has 6 N–H and O–H groups in total. The minimum atomic E-state index is -1.27. The molecule has 2 amide bonds. The van der Waals surface area contributed by atoms with Gasteiger partial charge >= 0.3 is 23.9 Å². The maximum atomic E-state index is 10.2. The first kappa shape index (κ1) is 40.8. The van der Waals surface area contributed by atoms with Crippen LogP contribution in [0.25, 0.3) is 0 Å². The number of aliphatic carboxylic acids is 2. The third kappa shape index (κ3) is 48.2. The van der Waals surface area contributed by atoms with Crippen LogP contribution in [0.1, 0.15) is 20.3 Å². The number of esters is 2. The van der Waals surface area contributed by atoms with Crippen LogP contribution in [0, 0.1) is 0 Å². The van der Waals surface area contributed by atoms with Crippen LogP contribution in [0.4, 0.5) is 0 Å². The van der Waals surface area contributed by atoms with E-state index < -0.39 is 24.3 Å². The van der Waals surface area contributed by atoms with E-state index in [0.29, 0.717) is 12.2 Å². The Morgan fingerprint density at radius 1 is 0.971 bits per heavy atom. The summed E-state index contributed by atoms with van der Waals surface area (Å²) in [5, 5.41) is 26.2. The molecule has 198 valence electrons. The molecule has 0 atom stereocenters. The van der Waals surface area contributed by atoms with Crippen LogP contribution in [-0.2, 0) is 38.2 Å². The van der Waals surface area contributed by atoms with Gasteiger partial charge in [-0.05, 0) is 26.0 Å². The number of amides is 2. The summed E-state index contributed by atoms with van der Waals surface area (Å²) in [5.74, 6) is -3.99. The molecule has 0 unspecified atom stereocenters. The second-order valence-electron chi connectivity index (χ2n) is 5.22. The van der Waals surface area contributed by atoms with E-state index in [-0.39, 0.29) is 30.1 Å². The molecular formula is C22H34N2O11. The van der Waals surface area contributed by atoms with Gasteiger partial charge in [-0.3, -0.25) is 14.4 Å². The van der Waals surface area contributed by atoms with Gasteiger partial charge in [-0.25, -0.2) is 14.4 Å². The highest BCUT2D eigenvalue weighted by Gasteiger charge is 2.07. The molecule has 0 aromatic rings. The van der Waals surface area contributed by atoms with Gasteiger partial charge in [0.1, 0.15) is 6.73 Å². The van der Waals surface area contributed by atoms with Crippen molar-refractivity contribution in [1.29, 1.82) is 0 Å². The first-order valence-corrected chi connectivity index (χ1v) is 9.20. The van der Waals surface area contributed by atoms with Crippen LogP contribution < -0.4 is 11.1 Å². The minimum Gasteiger partial charge on any atom is -0.481 e. The van der Waals surface area contributed by atoms with E-state index in [1.807, 2.05) is 0 Å². The molecule has 0 aliphatic rings. The van der Waals surface area contributed by atoms with Gasteiger partial charge in [0.2, 0.25) is 11.8 Å². The molecule has 0 heterocycles. The van der Waals surface area contributed by atoms with Gasteiger partial charge in [-0.15, -0.1) is 0 Å². The molecule has 13 nitrogen and oxygen atoms in total. The zero-order valence-electron chi connectivity index (χ0n) is 20.1. The number of nitrogens with one attached hydrogen (secondary N) is 1. The van der Waals surface area contributed by atoms with Crippen molar-refractivity contribution in [2.75, 3.05) is 20.4 Å². The smallest absolute Gasteiger partial charge is 0.332 e. The van der Waals surface area contributed by atoms with Crippen molar-refractivity contribution in [1.82, 2.24) is 5.32 Å². The Hall–Kier alpha value is -4.52. The van der Waals surface area contributed by atoms with E-state index in [1.165, 1.54) is 7.11 Å². The highest BCUT2D eigenvalue weighted by molar-refractivity contribution is 5.91. The Labute approximate surface area is 203 Å². The quantitative estimate of drug-likeness (QED) is 0.166. The van der Waals surface area contributed by atoms with Crippen LogP contribution in [0.15, 0.2) is 62.3 Å². The molecule has 0 spiro atoms. The summed E-state index contributed by atoms with van der Waals surface area (Å²) in [7, 11) is 1.33. The largest absolute Gasteiger partial charge is 0.481 e. The minimum absolute atomic E-state index is 0.303.